The summed E-state index contributed by atoms with van der Waals surface area (Å²) in [6.07, 6.45) is 1.15. The largest absolute Gasteiger partial charge is 0.381 e. The minimum absolute atomic E-state index is 0.158. The van der Waals surface area contributed by atoms with Gasteiger partial charge in [0.2, 0.25) is 10.0 Å². The Morgan fingerprint density at radius 2 is 1.94 bits per heavy atom. The summed E-state index contributed by atoms with van der Waals surface area (Å²) >= 11 is 6.01. The molecule has 0 amide bonds. The van der Waals surface area contributed by atoms with Crippen LogP contribution in [0.5, 0.6) is 0 Å². The van der Waals surface area contributed by atoms with Gasteiger partial charge in [-0.2, -0.15) is 0 Å². The molecule has 1 saturated heterocycles. The topological polar surface area (TPSA) is 55.4 Å². The van der Waals surface area contributed by atoms with Gasteiger partial charge >= 0.3 is 0 Å². The molecule has 0 bridgehead atoms. The Bertz CT molecular complexity index is 299. The molecule has 0 spiro atoms. The summed E-state index contributed by atoms with van der Waals surface area (Å²) in [6, 6.07) is 0. The Morgan fingerprint density at radius 3 is 2.44 bits per heavy atom. The maximum absolute atomic E-state index is 11.9. The zero-order chi connectivity index (χ0) is 12.2. The lowest BCUT2D eigenvalue weighted by Crippen LogP contribution is -2.41. The van der Waals surface area contributed by atoms with Crippen molar-refractivity contribution < 1.29 is 13.2 Å². The van der Waals surface area contributed by atoms with E-state index >= 15 is 0 Å². The van der Waals surface area contributed by atoms with Crippen LogP contribution in [0.1, 0.15) is 26.7 Å². The van der Waals surface area contributed by atoms with Crippen LogP contribution in [-0.2, 0) is 14.8 Å². The Morgan fingerprint density at radius 1 is 1.38 bits per heavy atom. The molecule has 0 aliphatic carbocycles. The Kier molecular flexibility index (Phi) is 5.50. The molecule has 1 atom stereocenters. The van der Waals surface area contributed by atoms with E-state index in [4.69, 9.17) is 16.3 Å². The van der Waals surface area contributed by atoms with Crippen molar-refractivity contribution in [2.75, 3.05) is 19.8 Å². The van der Waals surface area contributed by atoms with Gasteiger partial charge in [0.05, 0.1) is 5.25 Å². The minimum Gasteiger partial charge on any atom is -0.381 e. The highest BCUT2D eigenvalue weighted by atomic mass is 35.5. The first-order valence-corrected chi connectivity index (χ1v) is 7.62. The highest BCUT2D eigenvalue weighted by Gasteiger charge is 2.28. The molecule has 1 aliphatic rings. The first-order chi connectivity index (χ1) is 7.43. The van der Waals surface area contributed by atoms with Crippen molar-refractivity contribution in [2.45, 2.75) is 37.3 Å². The van der Waals surface area contributed by atoms with Gasteiger partial charge in [0, 0.05) is 25.1 Å². The van der Waals surface area contributed by atoms with Crippen LogP contribution in [0, 0.1) is 5.92 Å². The molecule has 1 N–H and O–H groups in total. The van der Waals surface area contributed by atoms with Crippen LogP contribution in [0.2, 0.25) is 0 Å². The van der Waals surface area contributed by atoms with Gasteiger partial charge in [-0.15, -0.1) is 11.6 Å². The van der Waals surface area contributed by atoms with Crippen molar-refractivity contribution in [1.82, 2.24) is 4.72 Å². The number of hydrogen-bond donors (Lipinski definition) is 1. The normalized spacial score (nSPS) is 21.2. The van der Waals surface area contributed by atoms with Crippen molar-refractivity contribution in [3.8, 4) is 0 Å². The third kappa shape index (κ3) is 4.20. The summed E-state index contributed by atoms with van der Waals surface area (Å²) < 4.78 is 31.5. The number of ether oxygens (including phenoxy) is 1. The lowest BCUT2D eigenvalue weighted by Gasteiger charge is -2.23. The second-order valence-corrected chi connectivity index (χ2v) is 7.07. The van der Waals surface area contributed by atoms with E-state index in [-0.39, 0.29) is 16.5 Å². The van der Waals surface area contributed by atoms with Gasteiger partial charge < -0.3 is 4.74 Å². The van der Waals surface area contributed by atoms with Gasteiger partial charge in [-0.1, -0.05) is 13.8 Å². The van der Waals surface area contributed by atoms with Crippen molar-refractivity contribution in [3.05, 3.63) is 0 Å². The van der Waals surface area contributed by atoms with Crippen LogP contribution < -0.4 is 4.72 Å². The Balaban J connectivity index is 2.44. The van der Waals surface area contributed by atoms with E-state index in [0.29, 0.717) is 32.6 Å². The van der Waals surface area contributed by atoms with Crippen LogP contribution in [0.4, 0.5) is 0 Å². The molecule has 16 heavy (non-hydrogen) atoms. The van der Waals surface area contributed by atoms with Crippen LogP contribution in [0.25, 0.3) is 0 Å². The minimum atomic E-state index is -3.23. The first kappa shape index (κ1) is 14.2. The lowest BCUT2D eigenvalue weighted by atomic mass is 10.1. The SMILES string of the molecule is CC(C)C(Cl)CNS(=O)(=O)C1CCOCC1. The average Bonchev–Trinajstić information content (AvgIpc) is 2.27. The molecule has 96 valence electrons. The highest BCUT2D eigenvalue weighted by Crippen LogP contribution is 2.15. The maximum Gasteiger partial charge on any atom is 0.214 e. The molecule has 1 aliphatic heterocycles. The van der Waals surface area contributed by atoms with E-state index < -0.39 is 10.0 Å². The summed E-state index contributed by atoms with van der Waals surface area (Å²) in [4.78, 5) is 0. The van der Waals surface area contributed by atoms with Crippen LogP contribution in [-0.4, -0.2) is 38.8 Å². The van der Waals surface area contributed by atoms with Crippen molar-refractivity contribution in [3.63, 3.8) is 0 Å². The molecular weight excluding hydrogens is 250 g/mol. The van der Waals surface area contributed by atoms with Crippen LogP contribution in [0.15, 0.2) is 0 Å². The first-order valence-electron chi connectivity index (χ1n) is 5.64. The summed E-state index contributed by atoms with van der Waals surface area (Å²) in [5.74, 6) is 0.263. The third-order valence-electron chi connectivity index (χ3n) is 2.81. The molecule has 1 fully saturated rings. The molecule has 0 aromatic carbocycles. The third-order valence-corrected chi connectivity index (χ3v) is 5.39. The summed E-state index contributed by atoms with van der Waals surface area (Å²) in [5.41, 5.74) is 0. The zero-order valence-corrected chi connectivity index (χ0v) is 11.4. The summed E-state index contributed by atoms with van der Waals surface area (Å²) in [7, 11) is -3.23. The standard InChI is InChI=1S/C10H20ClNO3S/c1-8(2)10(11)7-12-16(13,14)9-3-5-15-6-4-9/h8-10,12H,3-7H2,1-2H3. The number of alkyl halides is 1. The fraction of sp³-hybridized carbons (Fsp3) is 1.00. The predicted octanol–water partition coefficient (Wildman–Crippen LogP) is 1.35. The van der Waals surface area contributed by atoms with Gasteiger partial charge in [0.25, 0.3) is 0 Å². The van der Waals surface area contributed by atoms with Crippen molar-refractivity contribution in [1.29, 1.82) is 0 Å². The van der Waals surface area contributed by atoms with E-state index in [1.807, 2.05) is 13.8 Å². The summed E-state index contributed by atoms with van der Waals surface area (Å²) in [5, 5.41) is -0.480. The van der Waals surface area contributed by atoms with Gasteiger partial charge in [0.1, 0.15) is 0 Å². The molecule has 6 heteroatoms. The van der Waals surface area contributed by atoms with Crippen molar-refractivity contribution in [2.24, 2.45) is 5.92 Å². The van der Waals surface area contributed by atoms with Gasteiger partial charge in [-0.05, 0) is 18.8 Å². The van der Waals surface area contributed by atoms with Gasteiger partial charge in [0.15, 0.2) is 0 Å². The van der Waals surface area contributed by atoms with Gasteiger partial charge in [-0.3, -0.25) is 0 Å². The molecule has 4 nitrogen and oxygen atoms in total. The number of nitrogens with one attached hydrogen (secondary N) is 1. The number of halogens is 1. The molecule has 1 unspecified atom stereocenters. The molecule has 1 rings (SSSR count). The monoisotopic (exact) mass is 269 g/mol. The molecule has 0 saturated carbocycles. The fourth-order valence-corrected chi connectivity index (χ4v) is 3.16. The quantitative estimate of drug-likeness (QED) is 0.767. The second kappa shape index (κ2) is 6.19. The zero-order valence-electron chi connectivity index (χ0n) is 9.78. The maximum atomic E-state index is 11.9. The average molecular weight is 270 g/mol. The molecular formula is C10H20ClNO3S. The van der Waals surface area contributed by atoms with Gasteiger partial charge in [-0.25, -0.2) is 13.1 Å². The number of rotatable bonds is 5. The lowest BCUT2D eigenvalue weighted by molar-refractivity contribution is 0.0981. The van der Waals surface area contributed by atoms with E-state index in [9.17, 15) is 8.42 Å². The molecule has 0 aromatic rings. The van der Waals surface area contributed by atoms with E-state index in [1.54, 1.807) is 0 Å². The Labute approximate surface area is 103 Å². The second-order valence-electron chi connectivity index (χ2n) is 4.47. The highest BCUT2D eigenvalue weighted by molar-refractivity contribution is 7.90. The molecule has 0 aromatic heterocycles. The van der Waals surface area contributed by atoms with Crippen molar-refractivity contribution >= 4 is 21.6 Å². The molecule has 0 radical (unpaired) electrons. The van der Waals surface area contributed by atoms with E-state index in [1.165, 1.54) is 0 Å². The van der Waals surface area contributed by atoms with E-state index in [2.05, 4.69) is 4.72 Å². The molecule has 1 heterocycles. The van der Waals surface area contributed by atoms with Crippen LogP contribution in [0.3, 0.4) is 0 Å². The smallest absolute Gasteiger partial charge is 0.214 e. The predicted molar refractivity (Wildman–Crippen MR) is 65.2 cm³/mol. The summed E-state index contributed by atoms with van der Waals surface area (Å²) in [6.45, 7) is 5.31. The van der Waals surface area contributed by atoms with Crippen LogP contribution >= 0.6 is 11.6 Å². The number of hydrogen-bond acceptors (Lipinski definition) is 3. The van der Waals surface area contributed by atoms with E-state index in [0.717, 1.165) is 0 Å². The fourth-order valence-electron chi connectivity index (χ4n) is 1.54. The Hall–Kier alpha value is 0.160. The number of sulfonamides is 1.